The van der Waals surface area contributed by atoms with E-state index in [0.29, 0.717) is 18.2 Å². The number of aromatic nitrogens is 2. The fourth-order valence-electron chi connectivity index (χ4n) is 2.54. The molecule has 3 rings (SSSR count). The van der Waals surface area contributed by atoms with Gasteiger partial charge in [0.1, 0.15) is 5.69 Å². The van der Waals surface area contributed by atoms with Gasteiger partial charge in [-0.15, -0.1) is 12.4 Å². The molecule has 18 heavy (non-hydrogen) atoms. The van der Waals surface area contributed by atoms with Crippen molar-refractivity contribution in [3.63, 3.8) is 0 Å². The molecule has 6 heteroatoms. The molecule has 1 saturated heterocycles. The van der Waals surface area contributed by atoms with Gasteiger partial charge >= 0.3 is 0 Å². The number of aromatic amines is 1. The van der Waals surface area contributed by atoms with E-state index in [-0.39, 0.29) is 24.4 Å². The summed E-state index contributed by atoms with van der Waals surface area (Å²) in [4.78, 5) is 14.1. The first-order valence-electron chi connectivity index (χ1n) is 6.36. The highest BCUT2D eigenvalue weighted by Gasteiger charge is 2.31. The van der Waals surface area contributed by atoms with Crippen LogP contribution in [0.3, 0.4) is 0 Å². The Hall–Kier alpha value is -1.07. The average molecular weight is 271 g/mol. The summed E-state index contributed by atoms with van der Waals surface area (Å²) >= 11 is 0. The fraction of sp³-hybridized carbons (Fsp3) is 0.667. The number of carbonyl (C=O) groups is 1. The number of nitrogens with one attached hydrogen (secondary N) is 1. The molecular weight excluding hydrogens is 252 g/mol. The molecule has 1 aliphatic heterocycles. The highest BCUT2D eigenvalue weighted by Crippen LogP contribution is 2.39. The Morgan fingerprint density at radius 1 is 1.50 bits per heavy atom. The normalized spacial score (nSPS) is 22.9. The third-order valence-corrected chi connectivity index (χ3v) is 3.74. The van der Waals surface area contributed by atoms with Gasteiger partial charge in [0, 0.05) is 30.7 Å². The molecule has 1 aromatic rings. The largest absolute Gasteiger partial charge is 0.333 e. The summed E-state index contributed by atoms with van der Waals surface area (Å²) in [5, 5.41) is 7.11. The lowest BCUT2D eigenvalue weighted by Crippen LogP contribution is -2.40. The van der Waals surface area contributed by atoms with Crippen LogP contribution in [0.15, 0.2) is 6.07 Å². The minimum atomic E-state index is 0. The summed E-state index contributed by atoms with van der Waals surface area (Å²) in [5.41, 5.74) is 7.34. The number of carbonyl (C=O) groups excluding carboxylic acids is 1. The van der Waals surface area contributed by atoms with Crippen LogP contribution in [0, 0.1) is 0 Å². The van der Waals surface area contributed by atoms with Crippen LogP contribution in [0.1, 0.15) is 47.8 Å². The Morgan fingerprint density at radius 2 is 2.28 bits per heavy atom. The number of nitrogens with two attached hydrogens (primary N) is 1. The van der Waals surface area contributed by atoms with Gasteiger partial charge in [0.2, 0.25) is 0 Å². The van der Waals surface area contributed by atoms with E-state index in [1.807, 2.05) is 11.0 Å². The van der Waals surface area contributed by atoms with Crippen LogP contribution in [0.25, 0.3) is 0 Å². The van der Waals surface area contributed by atoms with Crippen molar-refractivity contribution in [3.05, 3.63) is 17.5 Å². The van der Waals surface area contributed by atoms with Crippen molar-refractivity contribution in [3.8, 4) is 0 Å². The zero-order valence-corrected chi connectivity index (χ0v) is 11.1. The molecule has 2 heterocycles. The molecular formula is C12H19ClN4O. The van der Waals surface area contributed by atoms with Crippen molar-refractivity contribution in [2.75, 3.05) is 13.1 Å². The molecule has 1 saturated carbocycles. The van der Waals surface area contributed by atoms with Crippen molar-refractivity contribution >= 4 is 18.3 Å². The van der Waals surface area contributed by atoms with Crippen LogP contribution in [0.4, 0.5) is 0 Å². The van der Waals surface area contributed by atoms with Gasteiger partial charge in [0.25, 0.3) is 5.91 Å². The Morgan fingerprint density at radius 3 is 2.94 bits per heavy atom. The second kappa shape index (κ2) is 5.28. The lowest BCUT2D eigenvalue weighted by molar-refractivity contribution is 0.0735. The summed E-state index contributed by atoms with van der Waals surface area (Å²) in [7, 11) is 0. The number of likely N-dealkylation sites (tertiary alicyclic amines) is 1. The second-order valence-corrected chi connectivity index (χ2v) is 5.01. The number of H-pyrrole nitrogens is 1. The van der Waals surface area contributed by atoms with Crippen LogP contribution < -0.4 is 5.73 Å². The molecule has 1 amide bonds. The molecule has 3 N–H and O–H groups in total. The highest BCUT2D eigenvalue weighted by molar-refractivity contribution is 5.92. The minimum absolute atomic E-state index is 0. The van der Waals surface area contributed by atoms with E-state index < -0.39 is 0 Å². The minimum Gasteiger partial charge on any atom is -0.333 e. The molecule has 1 atom stereocenters. The highest BCUT2D eigenvalue weighted by atomic mass is 35.5. The molecule has 2 fully saturated rings. The van der Waals surface area contributed by atoms with E-state index in [9.17, 15) is 4.79 Å². The number of rotatable bonds is 3. The van der Waals surface area contributed by atoms with Gasteiger partial charge in [-0.3, -0.25) is 9.89 Å². The molecule has 0 bridgehead atoms. The van der Waals surface area contributed by atoms with Crippen LogP contribution in [-0.4, -0.2) is 40.1 Å². The molecule has 100 valence electrons. The van der Waals surface area contributed by atoms with Gasteiger partial charge < -0.3 is 10.6 Å². The monoisotopic (exact) mass is 270 g/mol. The average Bonchev–Trinajstić information content (AvgIpc) is 2.93. The number of nitrogens with zero attached hydrogens (tertiary/aromatic N) is 2. The van der Waals surface area contributed by atoms with E-state index in [2.05, 4.69) is 10.2 Å². The maximum atomic E-state index is 12.3. The van der Waals surface area contributed by atoms with E-state index in [1.165, 1.54) is 12.8 Å². The molecule has 1 aliphatic carbocycles. The maximum Gasteiger partial charge on any atom is 0.274 e. The Labute approximate surface area is 113 Å². The first kappa shape index (κ1) is 13.4. The van der Waals surface area contributed by atoms with Crippen molar-refractivity contribution in [1.82, 2.24) is 15.1 Å². The summed E-state index contributed by atoms with van der Waals surface area (Å²) in [6.45, 7) is 1.36. The van der Waals surface area contributed by atoms with Crippen LogP contribution >= 0.6 is 12.4 Å². The molecule has 1 aromatic heterocycles. The van der Waals surface area contributed by atoms with Gasteiger partial charge in [-0.05, 0) is 31.7 Å². The zero-order chi connectivity index (χ0) is 11.8. The lowest BCUT2D eigenvalue weighted by atomic mass is 10.2. The Bertz CT molecular complexity index is 429. The Kier molecular flexibility index (Phi) is 3.92. The van der Waals surface area contributed by atoms with Crippen molar-refractivity contribution < 1.29 is 4.79 Å². The van der Waals surface area contributed by atoms with Gasteiger partial charge in [0.05, 0.1) is 0 Å². The van der Waals surface area contributed by atoms with Gasteiger partial charge in [-0.25, -0.2) is 0 Å². The van der Waals surface area contributed by atoms with Gasteiger partial charge in [0.15, 0.2) is 0 Å². The molecule has 0 radical (unpaired) electrons. The first-order chi connectivity index (χ1) is 8.29. The van der Waals surface area contributed by atoms with E-state index in [4.69, 9.17) is 5.73 Å². The molecule has 0 aromatic carbocycles. The standard InChI is InChI=1S/C12H18N4O.ClH/c13-7-9-2-1-5-16(9)12(17)11-6-10(14-15-11)8-3-4-8;/h6,8-9H,1-5,7,13H2,(H,14,15);1H. The first-order valence-corrected chi connectivity index (χ1v) is 6.36. The topological polar surface area (TPSA) is 75.0 Å². The molecule has 5 nitrogen and oxygen atoms in total. The zero-order valence-electron chi connectivity index (χ0n) is 10.3. The summed E-state index contributed by atoms with van der Waals surface area (Å²) in [6, 6.07) is 2.11. The van der Waals surface area contributed by atoms with E-state index in [1.54, 1.807) is 0 Å². The summed E-state index contributed by atoms with van der Waals surface area (Å²) in [5.74, 6) is 0.633. The van der Waals surface area contributed by atoms with E-state index >= 15 is 0 Å². The van der Waals surface area contributed by atoms with Gasteiger partial charge in [-0.2, -0.15) is 5.10 Å². The second-order valence-electron chi connectivity index (χ2n) is 5.01. The number of hydrogen-bond acceptors (Lipinski definition) is 3. The summed E-state index contributed by atoms with van der Waals surface area (Å²) < 4.78 is 0. The predicted molar refractivity (Wildman–Crippen MR) is 70.9 cm³/mol. The van der Waals surface area contributed by atoms with Gasteiger partial charge in [-0.1, -0.05) is 0 Å². The number of halogens is 1. The third-order valence-electron chi connectivity index (χ3n) is 3.74. The lowest BCUT2D eigenvalue weighted by Gasteiger charge is -2.22. The van der Waals surface area contributed by atoms with Crippen LogP contribution in [-0.2, 0) is 0 Å². The van der Waals surface area contributed by atoms with Crippen LogP contribution in [0.2, 0.25) is 0 Å². The van der Waals surface area contributed by atoms with Crippen molar-refractivity contribution in [2.24, 2.45) is 5.73 Å². The Balaban J connectivity index is 0.00000120. The fourth-order valence-corrected chi connectivity index (χ4v) is 2.54. The van der Waals surface area contributed by atoms with Crippen molar-refractivity contribution in [1.29, 1.82) is 0 Å². The number of hydrogen-bond donors (Lipinski definition) is 2. The quantitative estimate of drug-likeness (QED) is 0.869. The smallest absolute Gasteiger partial charge is 0.274 e. The SMILES string of the molecule is Cl.NCC1CCCN1C(=O)c1cc(C2CC2)[nH]n1. The molecule has 2 aliphatic rings. The van der Waals surface area contributed by atoms with E-state index in [0.717, 1.165) is 25.1 Å². The third kappa shape index (κ3) is 2.37. The number of amides is 1. The van der Waals surface area contributed by atoms with Crippen LogP contribution in [0.5, 0.6) is 0 Å². The molecule has 1 unspecified atom stereocenters. The summed E-state index contributed by atoms with van der Waals surface area (Å²) in [6.07, 6.45) is 4.49. The maximum absolute atomic E-state index is 12.3. The predicted octanol–water partition coefficient (Wildman–Crippen LogP) is 1.27. The van der Waals surface area contributed by atoms with Crippen molar-refractivity contribution in [2.45, 2.75) is 37.6 Å². The molecule has 0 spiro atoms.